The van der Waals surface area contributed by atoms with E-state index in [0.717, 1.165) is 6.54 Å². The molecule has 0 saturated heterocycles. The summed E-state index contributed by atoms with van der Waals surface area (Å²) in [7, 11) is 0. The van der Waals surface area contributed by atoms with Crippen LogP contribution in [0.2, 0.25) is 0 Å². The van der Waals surface area contributed by atoms with Gasteiger partial charge in [-0.3, -0.25) is 0 Å². The summed E-state index contributed by atoms with van der Waals surface area (Å²) in [5, 5.41) is 3.54. The van der Waals surface area contributed by atoms with Gasteiger partial charge in [0.05, 0.1) is 0 Å². The van der Waals surface area contributed by atoms with Crippen LogP contribution in [0.3, 0.4) is 0 Å². The molecule has 72 valence electrons. The lowest BCUT2D eigenvalue weighted by atomic mass is 10.2. The molecule has 0 aliphatic heterocycles. The molecule has 1 aliphatic rings. The van der Waals surface area contributed by atoms with Gasteiger partial charge in [0.2, 0.25) is 0 Å². The van der Waals surface area contributed by atoms with Gasteiger partial charge in [0.1, 0.15) is 0 Å². The lowest BCUT2D eigenvalue weighted by molar-refractivity contribution is 0.465. The molecule has 0 radical (unpaired) electrons. The van der Waals surface area contributed by atoms with Gasteiger partial charge in [-0.2, -0.15) is 0 Å². The van der Waals surface area contributed by atoms with Crippen LogP contribution in [0.15, 0.2) is 0 Å². The Morgan fingerprint density at radius 2 is 2.17 bits per heavy atom. The van der Waals surface area contributed by atoms with Gasteiger partial charge in [0, 0.05) is 12.1 Å². The third-order valence-electron chi connectivity index (χ3n) is 2.76. The molecular formula is C10H22N2. The second-order valence-electron chi connectivity index (χ2n) is 3.86. The van der Waals surface area contributed by atoms with Gasteiger partial charge >= 0.3 is 0 Å². The van der Waals surface area contributed by atoms with E-state index < -0.39 is 0 Å². The van der Waals surface area contributed by atoms with Crippen LogP contribution in [0, 0.1) is 0 Å². The van der Waals surface area contributed by atoms with Crippen LogP contribution in [0.25, 0.3) is 0 Å². The molecule has 12 heavy (non-hydrogen) atoms. The maximum absolute atomic E-state index is 5.93. The molecule has 2 nitrogen and oxygen atoms in total. The Bertz CT molecular complexity index is 114. The Morgan fingerprint density at radius 3 is 2.75 bits per heavy atom. The van der Waals surface area contributed by atoms with Crippen LogP contribution < -0.4 is 11.1 Å². The minimum Gasteiger partial charge on any atom is -0.326 e. The summed E-state index contributed by atoms with van der Waals surface area (Å²) < 4.78 is 0. The Labute approximate surface area is 75.9 Å². The Hall–Kier alpha value is -0.0800. The predicted octanol–water partition coefficient (Wildman–Crippen LogP) is 1.65. The van der Waals surface area contributed by atoms with Crippen molar-refractivity contribution in [3.63, 3.8) is 0 Å². The van der Waals surface area contributed by atoms with Gasteiger partial charge in [-0.1, -0.05) is 26.2 Å². The molecule has 3 N–H and O–H groups in total. The fourth-order valence-corrected chi connectivity index (χ4v) is 1.90. The zero-order valence-electron chi connectivity index (χ0n) is 8.18. The van der Waals surface area contributed by atoms with Crippen molar-refractivity contribution in [3.8, 4) is 0 Å². The number of unbranched alkanes of at least 4 members (excludes halogenated alkanes) is 2. The summed E-state index contributed by atoms with van der Waals surface area (Å²) in [5.41, 5.74) is 5.93. The zero-order chi connectivity index (χ0) is 8.81. The zero-order valence-corrected chi connectivity index (χ0v) is 8.18. The molecule has 1 aliphatic carbocycles. The molecule has 0 amide bonds. The Morgan fingerprint density at radius 1 is 1.33 bits per heavy atom. The molecule has 2 heteroatoms. The molecule has 1 saturated carbocycles. The predicted molar refractivity (Wildman–Crippen MR) is 53.1 cm³/mol. The smallest absolute Gasteiger partial charge is 0.0219 e. The first-order valence-corrected chi connectivity index (χ1v) is 5.33. The van der Waals surface area contributed by atoms with E-state index >= 15 is 0 Å². The standard InChI is InChI=1S/C10H22N2/c1-2-3-4-8-12-10-7-5-6-9(10)11/h9-10,12H,2-8,11H2,1H3. The lowest BCUT2D eigenvalue weighted by Crippen LogP contribution is -2.41. The van der Waals surface area contributed by atoms with Gasteiger partial charge in [0.25, 0.3) is 0 Å². The first-order valence-electron chi connectivity index (χ1n) is 5.33. The van der Waals surface area contributed by atoms with E-state index in [0.29, 0.717) is 12.1 Å². The SMILES string of the molecule is CCCCCNC1CCCC1N. The summed E-state index contributed by atoms with van der Waals surface area (Å²) in [6.45, 7) is 3.40. The maximum Gasteiger partial charge on any atom is 0.0219 e. The lowest BCUT2D eigenvalue weighted by Gasteiger charge is -2.16. The molecule has 0 aromatic carbocycles. The first kappa shape index (κ1) is 10.0. The third-order valence-corrected chi connectivity index (χ3v) is 2.76. The van der Waals surface area contributed by atoms with Crippen LogP contribution in [-0.2, 0) is 0 Å². The number of hydrogen-bond acceptors (Lipinski definition) is 2. The molecule has 0 aromatic heterocycles. The highest BCUT2D eigenvalue weighted by atomic mass is 15.0. The summed E-state index contributed by atoms with van der Waals surface area (Å²) in [6, 6.07) is 1.04. The average Bonchev–Trinajstić information content (AvgIpc) is 2.46. The van der Waals surface area contributed by atoms with Crippen molar-refractivity contribution < 1.29 is 0 Å². The van der Waals surface area contributed by atoms with E-state index in [9.17, 15) is 0 Å². The minimum absolute atomic E-state index is 0.423. The first-order chi connectivity index (χ1) is 5.84. The molecule has 1 rings (SSSR count). The molecule has 0 bridgehead atoms. The maximum atomic E-state index is 5.93. The van der Waals surface area contributed by atoms with E-state index in [1.165, 1.54) is 38.5 Å². The van der Waals surface area contributed by atoms with Crippen LogP contribution >= 0.6 is 0 Å². The minimum atomic E-state index is 0.423. The quantitative estimate of drug-likeness (QED) is 0.616. The van der Waals surface area contributed by atoms with Crippen molar-refractivity contribution in [2.45, 2.75) is 57.5 Å². The normalized spacial score (nSPS) is 29.5. The molecule has 1 fully saturated rings. The van der Waals surface area contributed by atoms with Crippen LogP contribution in [0.5, 0.6) is 0 Å². The van der Waals surface area contributed by atoms with Gasteiger partial charge in [-0.05, 0) is 25.8 Å². The number of hydrogen-bond donors (Lipinski definition) is 2. The second kappa shape index (κ2) is 5.55. The molecular weight excluding hydrogens is 148 g/mol. The van der Waals surface area contributed by atoms with E-state index in [-0.39, 0.29) is 0 Å². The second-order valence-corrected chi connectivity index (χ2v) is 3.86. The summed E-state index contributed by atoms with van der Waals surface area (Å²) in [4.78, 5) is 0. The summed E-state index contributed by atoms with van der Waals surface area (Å²) in [6.07, 6.45) is 7.76. The molecule has 0 spiro atoms. The van der Waals surface area contributed by atoms with Crippen LogP contribution in [-0.4, -0.2) is 18.6 Å². The fraction of sp³-hybridized carbons (Fsp3) is 1.00. The van der Waals surface area contributed by atoms with E-state index in [1.54, 1.807) is 0 Å². The summed E-state index contributed by atoms with van der Waals surface area (Å²) in [5.74, 6) is 0. The molecule has 2 atom stereocenters. The van der Waals surface area contributed by atoms with Crippen LogP contribution in [0.1, 0.15) is 45.4 Å². The molecule has 0 heterocycles. The van der Waals surface area contributed by atoms with Crippen molar-refractivity contribution in [3.05, 3.63) is 0 Å². The highest BCUT2D eigenvalue weighted by Gasteiger charge is 2.22. The highest BCUT2D eigenvalue weighted by molar-refractivity contribution is 4.85. The highest BCUT2D eigenvalue weighted by Crippen LogP contribution is 2.16. The van der Waals surface area contributed by atoms with Gasteiger partial charge in [-0.15, -0.1) is 0 Å². The third kappa shape index (κ3) is 3.11. The number of nitrogens with one attached hydrogen (secondary N) is 1. The molecule has 2 unspecified atom stereocenters. The Balaban J connectivity index is 1.98. The number of nitrogens with two attached hydrogens (primary N) is 1. The van der Waals surface area contributed by atoms with E-state index in [1.807, 2.05) is 0 Å². The van der Waals surface area contributed by atoms with Gasteiger partial charge in [0.15, 0.2) is 0 Å². The van der Waals surface area contributed by atoms with Crippen molar-refractivity contribution in [2.24, 2.45) is 5.73 Å². The van der Waals surface area contributed by atoms with E-state index in [2.05, 4.69) is 12.2 Å². The topological polar surface area (TPSA) is 38.0 Å². The van der Waals surface area contributed by atoms with E-state index in [4.69, 9.17) is 5.73 Å². The number of rotatable bonds is 5. The monoisotopic (exact) mass is 170 g/mol. The van der Waals surface area contributed by atoms with Gasteiger partial charge < -0.3 is 11.1 Å². The summed E-state index contributed by atoms with van der Waals surface area (Å²) >= 11 is 0. The van der Waals surface area contributed by atoms with Crippen LogP contribution in [0.4, 0.5) is 0 Å². The molecule has 0 aromatic rings. The van der Waals surface area contributed by atoms with Gasteiger partial charge in [-0.25, -0.2) is 0 Å². The largest absolute Gasteiger partial charge is 0.326 e. The average molecular weight is 170 g/mol. The Kier molecular flexibility index (Phi) is 4.62. The van der Waals surface area contributed by atoms with Crippen molar-refractivity contribution >= 4 is 0 Å². The van der Waals surface area contributed by atoms with Crippen molar-refractivity contribution in [1.29, 1.82) is 0 Å². The van der Waals surface area contributed by atoms with Crippen molar-refractivity contribution in [1.82, 2.24) is 5.32 Å². The fourth-order valence-electron chi connectivity index (χ4n) is 1.90. The van der Waals surface area contributed by atoms with Crippen molar-refractivity contribution in [2.75, 3.05) is 6.54 Å².